The van der Waals surface area contributed by atoms with Crippen LogP contribution in [0.5, 0.6) is 0 Å². The molecular weight excluding hydrogens is 380 g/mol. The normalized spacial score (nSPS) is 15.9. The highest BCUT2D eigenvalue weighted by molar-refractivity contribution is 7.16. The average molecular weight is 404 g/mol. The molecule has 2 aromatic rings. The van der Waals surface area contributed by atoms with Gasteiger partial charge in [-0.15, -0.1) is 11.3 Å². The van der Waals surface area contributed by atoms with Gasteiger partial charge >= 0.3 is 5.97 Å². The zero-order valence-corrected chi connectivity index (χ0v) is 17.5. The highest BCUT2D eigenvalue weighted by atomic mass is 32.1. The summed E-state index contributed by atoms with van der Waals surface area (Å²) < 4.78 is 6.95. The van der Waals surface area contributed by atoms with E-state index >= 15 is 0 Å². The summed E-state index contributed by atoms with van der Waals surface area (Å²) in [6.45, 7) is 10.4. The molecule has 0 radical (unpaired) electrons. The van der Waals surface area contributed by atoms with Gasteiger partial charge in [0.05, 0.1) is 23.6 Å². The summed E-state index contributed by atoms with van der Waals surface area (Å²) in [5.41, 5.74) is 3.63. The van der Waals surface area contributed by atoms with E-state index in [1.165, 1.54) is 11.3 Å². The van der Waals surface area contributed by atoms with E-state index in [2.05, 4.69) is 15.6 Å². The summed E-state index contributed by atoms with van der Waals surface area (Å²) in [6, 6.07) is 0. The molecule has 8 nitrogen and oxygen atoms in total. The van der Waals surface area contributed by atoms with E-state index in [1.807, 2.05) is 38.6 Å². The number of amides is 1. The highest BCUT2D eigenvalue weighted by Gasteiger charge is 2.32. The van der Waals surface area contributed by atoms with Crippen molar-refractivity contribution in [3.63, 3.8) is 0 Å². The first-order valence-corrected chi connectivity index (χ1v) is 10.0. The molecule has 0 bridgehead atoms. The second-order valence-electron chi connectivity index (χ2n) is 6.52. The molecule has 0 spiro atoms. The maximum absolute atomic E-state index is 12.7. The van der Waals surface area contributed by atoms with E-state index in [1.54, 1.807) is 6.92 Å². The number of aromatic nitrogens is 2. The zero-order chi connectivity index (χ0) is 20.4. The number of carbonyl (C=O) groups is 2. The number of anilines is 1. The molecule has 1 aliphatic heterocycles. The summed E-state index contributed by atoms with van der Waals surface area (Å²) in [5.74, 6) is -0.780. The minimum Gasteiger partial charge on any atom is -0.462 e. The predicted molar refractivity (Wildman–Crippen MR) is 107 cm³/mol. The molecule has 3 rings (SSSR count). The van der Waals surface area contributed by atoms with Crippen LogP contribution in [0.2, 0.25) is 0 Å². The van der Waals surface area contributed by atoms with Crippen molar-refractivity contribution >= 4 is 33.9 Å². The summed E-state index contributed by atoms with van der Waals surface area (Å²) >= 11 is 1.35. The standard InChI is InChI=1S/C19H24N4O4S/c1-6-23-9-13(11(4)21-23)14-8-15(27-22-14)17(24)20-18-16(19(25)26-7-2)10(3)12(5)28-18/h9,15H,6-8H2,1-5H3,(H,20,24). The van der Waals surface area contributed by atoms with Crippen LogP contribution in [0.3, 0.4) is 0 Å². The summed E-state index contributed by atoms with van der Waals surface area (Å²) in [4.78, 5) is 31.3. The van der Waals surface area contributed by atoms with Crippen molar-refractivity contribution in [2.45, 2.75) is 53.7 Å². The summed E-state index contributed by atoms with van der Waals surface area (Å²) in [6.07, 6.45) is 1.50. The van der Waals surface area contributed by atoms with E-state index in [0.717, 1.165) is 28.2 Å². The maximum Gasteiger partial charge on any atom is 0.341 e. The van der Waals surface area contributed by atoms with Crippen molar-refractivity contribution < 1.29 is 19.2 Å². The van der Waals surface area contributed by atoms with Gasteiger partial charge in [0.25, 0.3) is 5.91 Å². The Kier molecular flexibility index (Phi) is 5.83. The number of thiophene rings is 1. The second-order valence-corrected chi connectivity index (χ2v) is 7.74. The molecule has 0 aromatic carbocycles. The van der Waals surface area contributed by atoms with E-state index in [9.17, 15) is 9.59 Å². The Morgan fingerprint density at radius 2 is 2.11 bits per heavy atom. The number of nitrogens with one attached hydrogen (secondary N) is 1. The number of nitrogens with zero attached hydrogens (tertiary/aromatic N) is 3. The first-order chi connectivity index (χ1) is 13.3. The Bertz CT molecular complexity index is 944. The lowest BCUT2D eigenvalue weighted by molar-refractivity contribution is -0.125. The minimum absolute atomic E-state index is 0.272. The number of ether oxygens (including phenoxy) is 1. The predicted octanol–water partition coefficient (Wildman–Crippen LogP) is 3.20. The van der Waals surface area contributed by atoms with Gasteiger partial charge in [-0.25, -0.2) is 4.79 Å². The Morgan fingerprint density at radius 3 is 2.75 bits per heavy atom. The Balaban J connectivity index is 1.72. The van der Waals surface area contributed by atoms with Gasteiger partial charge in [-0.3, -0.25) is 9.48 Å². The quantitative estimate of drug-likeness (QED) is 0.746. The van der Waals surface area contributed by atoms with E-state index < -0.39 is 12.1 Å². The lowest BCUT2D eigenvalue weighted by atomic mass is 10.1. The van der Waals surface area contributed by atoms with Gasteiger partial charge in [0.15, 0.2) is 0 Å². The first kappa shape index (κ1) is 20.1. The molecule has 1 N–H and O–H groups in total. The topological polar surface area (TPSA) is 94.8 Å². The molecule has 3 heterocycles. The first-order valence-electron chi connectivity index (χ1n) is 9.20. The van der Waals surface area contributed by atoms with Gasteiger partial charge in [0.2, 0.25) is 6.10 Å². The van der Waals surface area contributed by atoms with Gasteiger partial charge in [0.1, 0.15) is 5.00 Å². The maximum atomic E-state index is 12.7. The fourth-order valence-corrected chi connectivity index (χ4v) is 4.05. The van der Waals surface area contributed by atoms with E-state index in [-0.39, 0.29) is 12.5 Å². The third-order valence-corrected chi connectivity index (χ3v) is 5.77. The SMILES string of the molecule is CCOC(=O)c1c(NC(=O)C2CC(c3cn(CC)nc3C)=NO2)sc(C)c1C. The Labute approximate surface area is 167 Å². The fraction of sp³-hybridized carbons (Fsp3) is 0.474. The fourth-order valence-electron chi connectivity index (χ4n) is 3.00. The molecular formula is C19H24N4O4S. The van der Waals surface area contributed by atoms with Crippen molar-refractivity contribution in [2.24, 2.45) is 5.16 Å². The number of hydrogen-bond acceptors (Lipinski definition) is 7. The zero-order valence-electron chi connectivity index (χ0n) is 16.7. The Morgan fingerprint density at radius 1 is 1.36 bits per heavy atom. The molecule has 0 aliphatic carbocycles. The molecule has 2 aromatic heterocycles. The average Bonchev–Trinajstić information content (AvgIpc) is 3.33. The van der Waals surface area contributed by atoms with Crippen molar-refractivity contribution in [3.05, 3.63) is 33.5 Å². The van der Waals surface area contributed by atoms with Gasteiger partial charge < -0.3 is 14.9 Å². The number of carbonyl (C=O) groups excluding carboxylic acids is 2. The van der Waals surface area contributed by atoms with Crippen LogP contribution in [0.4, 0.5) is 5.00 Å². The van der Waals surface area contributed by atoms with Gasteiger partial charge in [0, 0.05) is 29.6 Å². The minimum atomic E-state index is -0.753. The summed E-state index contributed by atoms with van der Waals surface area (Å²) in [5, 5.41) is 11.8. The van der Waals surface area contributed by atoms with Crippen molar-refractivity contribution in [3.8, 4) is 0 Å². The molecule has 1 atom stereocenters. The molecule has 0 saturated heterocycles. The monoisotopic (exact) mass is 404 g/mol. The van der Waals surface area contributed by atoms with Crippen LogP contribution in [0.1, 0.15) is 52.3 Å². The second kappa shape index (κ2) is 8.14. The lowest BCUT2D eigenvalue weighted by Crippen LogP contribution is -2.28. The molecule has 0 saturated carbocycles. The molecule has 9 heteroatoms. The van der Waals surface area contributed by atoms with Gasteiger partial charge in [-0.1, -0.05) is 5.16 Å². The molecule has 150 valence electrons. The molecule has 28 heavy (non-hydrogen) atoms. The molecule has 1 unspecified atom stereocenters. The number of aryl methyl sites for hydroxylation is 3. The van der Waals surface area contributed by atoms with Crippen LogP contribution in [0.15, 0.2) is 11.4 Å². The Hall–Kier alpha value is -2.68. The third kappa shape index (κ3) is 3.80. The van der Waals surface area contributed by atoms with Crippen molar-refractivity contribution in [2.75, 3.05) is 11.9 Å². The van der Waals surface area contributed by atoms with Crippen LogP contribution >= 0.6 is 11.3 Å². The van der Waals surface area contributed by atoms with E-state index in [4.69, 9.17) is 9.57 Å². The van der Waals surface area contributed by atoms with Crippen molar-refractivity contribution in [1.82, 2.24) is 9.78 Å². The van der Waals surface area contributed by atoms with Crippen LogP contribution in [-0.2, 0) is 20.9 Å². The van der Waals surface area contributed by atoms with Crippen LogP contribution in [-0.4, -0.2) is 40.1 Å². The van der Waals surface area contributed by atoms with Crippen LogP contribution in [0, 0.1) is 20.8 Å². The number of esters is 1. The lowest BCUT2D eigenvalue weighted by Gasteiger charge is -2.10. The number of hydrogen-bond donors (Lipinski definition) is 1. The molecule has 1 amide bonds. The number of rotatable bonds is 6. The highest BCUT2D eigenvalue weighted by Crippen LogP contribution is 2.33. The summed E-state index contributed by atoms with van der Waals surface area (Å²) in [7, 11) is 0. The third-order valence-electron chi connectivity index (χ3n) is 4.64. The van der Waals surface area contributed by atoms with Gasteiger partial charge in [-0.05, 0) is 40.2 Å². The number of oxime groups is 1. The molecule has 0 fully saturated rings. The largest absolute Gasteiger partial charge is 0.462 e. The van der Waals surface area contributed by atoms with Crippen molar-refractivity contribution in [1.29, 1.82) is 0 Å². The van der Waals surface area contributed by atoms with Gasteiger partial charge in [-0.2, -0.15) is 5.10 Å². The van der Waals surface area contributed by atoms with Crippen LogP contribution in [0.25, 0.3) is 0 Å². The van der Waals surface area contributed by atoms with E-state index in [0.29, 0.717) is 22.7 Å². The molecule has 1 aliphatic rings. The van der Waals surface area contributed by atoms with Crippen LogP contribution < -0.4 is 5.32 Å². The smallest absolute Gasteiger partial charge is 0.341 e.